The van der Waals surface area contributed by atoms with Crippen LogP contribution >= 0.6 is 0 Å². The Kier molecular flexibility index (Phi) is 5.51. The fourth-order valence-corrected chi connectivity index (χ4v) is 3.78. The molecule has 1 heterocycles. The van der Waals surface area contributed by atoms with Crippen LogP contribution in [0.3, 0.4) is 0 Å². The number of benzene rings is 1. The lowest BCUT2D eigenvalue weighted by molar-refractivity contribution is -0.143. The van der Waals surface area contributed by atoms with E-state index in [1.54, 1.807) is 0 Å². The van der Waals surface area contributed by atoms with Crippen molar-refractivity contribution in [3.8, 4) is 0 Å². The molecule has 2 aliphatic rings. The van der Waals surface area contributed by atoms with Gasteiger partial charge in [-0.1, -0.05) is 25.0 Å². The van der Waals surface area contributed by atoms with Gasteiger partial charge in [-0.3, -0.25) is 14.5 Å². The van der Waals surface area contributed by atoms with Crippen LogP contribution in [0, 0.1) is 11.8 Å². The topological polar surface area (TPSA) is 69.6 Å². The number of hydrogen-bond acceptors (Lipinski definition) is 3. The molecule has 0 aromatic heterocycles. The van der Waals surface area contributed by atoms with Crippen LogP contribution in [0.2, 0.25) is 0 Å². The fraction of sp³-hybridized carbons (Fsp3) is 0.579. The molecule has 5 heteroatoms. The molecule has 1 aliphatic heterocycles. The minimum absolute atomic E-state index is 0.145. The van der Waals surface area contributed by atoms with Crippen LogP contribution in [0.4, 0.5) is 5.69 Å². The minimum Gasteiger partial charge on any atom is -0.481 e. The van der Waals surface area contributed by atoms with Gasteiger partial charge in [0.05, 0.1) is 5.92 Å². The van der Waals surface area contributed by atoms with Crippen LogP contribution in [-0.2, 0) is 16.1 Å². The van der Waals surface area contributed by atoms with E-state index in [2.05, 4.69) is 16.3 Å². The molecule has 130 valence electrons. The number of aliphatic carboxylic acids is 1. The number of nitrogens with one attached hydrogen (secondary N) is 1. The van der Waals surface area contributed by atoms with E-state index in [9.17, 15) is 9.59 Å². The van der Waals surface area contributed by atoms with Gasteiger partial charge in [0, 0.05) is 18.2 Å². The Balaban J connectivity index is 1.53. The van der Waals surface area contributed by atoms with Crippen molar-refractivity contribution in [2.75, 3.05) is 18.4 Å². The number of carboxylic acids is 1. The van der Waals surface area contributed by atoms with Gasteiger partial charge in [-0.15, -0.1) is 0 Å². The van der Waals surface area contributed by atoms with Gasteiger partial charge < -0.3 is 10.4 Å². The average molecular weight is 330 g/mol. The summed E-state index contributed by atoms with van der Waals surface area (Å²) < 4.78 is 0. The van der Waals surface area contributed by atoms with Gasteiger partial charge >= 0.3 is 5.97 Å². The third kappa shape index (κ3) is 4.35. The Bertz CT molecular complexity index is 588. The summed E-state index contributed by atoms with van der Waals surface area (Å²) >= 11 is 0. The second-order valence-corrected chi connectivity index (χ2v) is 7.06. The summed E-state index contributed by atoms with van der Waals surface area (Å²) in [4.78, 5) is 25.5. The van der Waals surface area contributed by atoms with Crippen molar-refractivity contribution in [2.45, 2.75) is 45.1 Å². The third-order valence-corrected chi connectivity index (χ3v) is 5.26. The molecule has 1 aromatic carbocycles. The second kappa shape index (κ2) is 7.79. The Morgan fingerprint density at radius 1 is 1.08 bits per heavy atom. The van der Waals surface area contributed by atoms with Gasteiger partial charge in [-0.2, -0.15) is 0 Å². The smallest absolute Gasteiger partial charge is 0.306 e. The molecule has 2 fully saturated rings. The van der Waals surface area contributed by atoms with Crippen LogP contribution in [0.1, 0.15) is 44.1 Å². The normalized spacial score (nSPS) is 20.2. The first-order chi connectivity index (χ1) is 11.6. The summed E-state index contributed by atoms with van der Waals surface area (Å²) in [6.07, 6.45) is 5.75. The van der Waals surface area contributed by atoms with Crippen LogP contribution in [0.5, 0.6) is 0 Å². The predicted molar refractivity (Wildman–Crippen MR) is 92.7 cm³/mol. The molecular formula is C19H26N2O3. The molecular weight excluding hydrogens is 304 g/mol. The summed E-state index contributed by atoms with van der Waals surface area (Å²) in [7, 11) is 0. The molecule has 2 N–H and O–H groups in total. The number of carbonyl (C=O) groups is 2. The second-order valence-electron chi connectivity index (χ2n) is 7.06. The van der Waals surface area contributed by atoms with Crippen LogP contribution in [0.15, 0.2) is 24.3 Å². The molecule has 3 rings (SSSR count). The van der Waals surface area contributed by atoms with Crippen molar-refractivity contribution in [2.24, 2.45) is 11.8 Å². The highest BCUT2D eigenvalue weighted by molar-refractivity contribution is 5.92. The molecule has 1 amide bonds. The van der Waals surface area contributed by atoms with E-state index in [4.69, 9.17) is 5.11 Å². The Labute approximate surface area is 143 Å². The van der Waals surface area contributed by atoms with E-state index >= 15 is 0 Å². The molecule has 0 bridgehead atoms. The zero-order chi connectivity index (χ0) is 16.9. The molecule has 5 nitrogen and oxygen atoms in total. The largest absolute Gasteiger partial charge is 0.481 e. The van der Waals surface area contributed by atoms with E-state index in [-0.39, 0.29) is 17.7 Å². The first-order valence-corrected chi connectivity index (χ1v) is 8.97. The highest BCUT2D eigenvalue weighted by Crippen LogP contribution is 2.26. The number of carbonyl (C=O) groups excluding carboxylic acids is 1. The number of likely N-dealkylation sites (tertiary alicyclic amines) is 1. The van der Waals surface area contributed by atoms with Gasteiger partial charge in [-0.25, -0.2) is 0 Å². The van der Waals surface area contributed by atoms with Gasteiger partial charge in [0.25, 0.3) is 0 Å². The van der Waals surface area contributed by atoms with Gasteiger partial charge in [0.1, 0.15) is 0 Å². The molecule has 0 radical (unpaired) electrons. The number of hydrogen-bond donors (Lipinski definition) is 2. The quantitative estimate of drug-likeness (QED) is 0.870. The summed E-state index contributed by atoms with van der Waals surface area (Å²) in [5.41, 5.74) is 2.03. The van der Waals surface area contributed by atoms with Crippen LogP contribution in [-0.4, -0.2) is 35.0 Å². The van der Waals surface area contributed by atoms with Crippen molar-refractivity contribution in [3.63, 3.8) is 0 Å². The van der Waals surface area contributed by atoms with Crippen LogP contribution in [0.25, 0.3) is 0 Å². The van der Waals surface area contributed by atoms with Crippen molar-refractivity contribution in [1.82, 2.24) is 4.90 Å². The van der Waals surface area contributed by atoms with E-state index in [1.165, 1.54) is 0 Å². The predicted octanol–water partition coefficient (Wildman–Crippen LogP) is 3.11. The maximum Gasteiger partial charge on any atom is 0.306 e. The van der Waals surface area contributed by atoms with Crippen molar-refractivity contribution in [1.29, 1.82) is 0 Å². The number of anilines is 1. The molecule has 24 heavy (non-hydrogen) atoms. The highest BCUT2D eigenvalue weighted by Gasteiger charge is 2.25. The Morgan fingerprint density at radius 2 is 1.79 bits per heavy atom. The molecule has 0 atom stereocenters. The number of rotatable bonds is 5. The Hall–Kier alpha value is -1.88. The maximum atomic E-state index is 12.2. The molecule has 1 aliphatic carbocycles. The van der Waals surface area contributed by atoms with Gasteiger partial charge in [0.15, 0.2) is 0 Å². The van der Waals surface area contributed by atoms with Gasteiger partial charge in [-0.05, 0) is 56.5 Å². The summed E-state index contributed by atoms with van der Waals surface area (Å²) in [5.74, 6) is -0.555. The first-order valence-electron chi connectivity index (χ1n) is 8.97. The lowest BCUT2D eigenvalue weighted by Crippen LogP contribution is -2.35. The maximum absolute atomic E-state index is 12.2. The van der Waals surface area contributed by atoms with E-state index in [1.807, 2.05) is 18.2 Å². The van der Waals surface area contributed by atoms with Crippen molar-refractivity contribution >= 4 is 17.6 Å². The Morgan fingerprint density at radius 3 is 2.46 bits per heavy atom. The van der Waals surface area contributed by atoms with Crippen molar-refractivity contribution in [3.05, 3.63) is 29.8 Å². The van der Waals surface area contributed by atoms with Crippen molar-refractivity contribution < 1.29 is 14.7 Å². The molecule has 1 aromatic rings. The molecule has 0 spiro atoms. The lowest BCUT2D eigenvalue weighted by atomic mass is 9.97. The zero-order valence-corrected chi connectivity index (χ0v) is 14.0. The highest BCUT2D eigenvalue weighted by atomic mass is 16.4. The summed E-state index contributed by atoms with van der Waals surface area (Å²) in [5, 5.41) is 12.1. The lowest BCUT2D eigenvalue weighted by Gasteiger charge is -2.30. The minimum atomic E-state index is -0.675. The number of amides is 1. The first kappa shape index (κ1) is 17.0. The zero-order valence-electron chi connectivity index (χ0n) is 14.0. The standard InChI is InChI=1S/C19H26N2O3/c22-18(15-5-1-2-6-15)20-17-7-3-4-14(12-17)13-21-10-8-16(9-11-21)19(23)24/h3-4,7,12,15-16H,1-2,5-6,8-11,13H2,(H,20,22)(H,23,24). The summed E-state index contributed by atoms with van der Waals surface area (Å²) in [6, 6.07) is 8.02. The van der Waals surface area contributed by atoms with E-state index in [0.29, 0.717) is 12.8 Å². The number of carboxylic acid groups (broad SMARTS) is 1. The summed E-state index contributed by atoms with van der Waals surface area (Å²) in [6.45, 7) is 2.44. The van der Waals surface area contributed by atoms with Gasteiger partial charge in [0.2, 0.25) is 5.91 Å². The average Bonchev–Trinajstić information content (AvgIpc) is 3.10. The molecule has 1 saturated heterocycles. The number of piperidine rings is 1. The number of nitrogens with zero attached hydrogens (tertiary/aromatic N) is 1. The molecule has 1 saturated carbocycles. The van der Waals surface area contributed by atoms with Crippen LogP contribution < -0.4 is 5.32 Å². The van der Waals surface area contributed by atoms with E-state index in [0.717, 1.165) is 56.6 Å². The third-order valence-electron chi connectivity index (χ3n) is 5.26. The monoisotopic (exact) mass is 330 g/mol. The van der Waals surface area contributed by atoms with E-state index < -0.39 is 5.97 Å². The molecule has 0 unspecified atom stereocenters. The fourth-order valence-electron chi connectivity index (χ4n) is 3.78. The SMILES string of the molecule is O=C(O)C1CCN(Cc2cccc(NC(=O)C3CCCC3)c2)CC1.